The summed E-state index contributed by atoms with van der Waals surface area (Å²) in [7, 11) is -3.37. The van der Waals surface area contributed by atoms with Gasteiger partial charge in [-0.15, -0.1) is 0 Å². The number of anilines is 4. The summed E-state index contributed by atoms with van der Waals surface area (Å²) < 4.78 is 29.2. The predicted molar refractivity (Wildman–Crippen MR) is 119 cm³/mol. The lowest BCUT2D eigenvalue weighted by molar-refractivity contribution is -0.00926. The third-order valence-corrected chi connectivity index (χ3v) is 6.04. The van der Waals surface area contributed by atoms with Crippen molar-refractivity contribution in [1.82, 2.24) is 20.3 Å². The second kappa shape index (κ2) is 8.96. The zero-order valence-electron chi connectivity index (χ0n) is 17.2. The number of ether oxygens (including phenoxy) is 1. The molecule has 3 aromatic rings. The van der Waals surface area contributed by atoms with E-state index in [-0.39, 0.29) is 10.9 Å². The molecule has 0 spiro atoms. The highest BCUT2D eigenvalue weighted by Crippen LogP contribution is 2.25. The molecular weight excluding hydrogens is 416 g/mol. The van der Waals surface area contributed by atoms with Crippen LogP contribution >= 0.6 is 0 Å². The van der Waals surface area contributed by atoms with E-state index >= 15 is 0 Å². The molecule has 0 bridgehead atoms. The highest BCUT2D eigenvalue weighted by molar-refractivity contribution is 7.90. The number of nitrogens with zero attached hydrogens (tertiary/aromatic N) is 3. The molecule has 9 nitrogen and oxygen atoms in total. The van der Waals surface area contributed by atoms with Crippen LogP contribution in [0.4, 0.5) is 23.1 Å². The van der Waals surface area contributed by atoms with E-state index in [9.17, 15) is 8.42 Å². The number of hydrogen-bond acceptors (Lipinski definition) is 9. The summed E-state index contributed by atoms with van der Waals surface area (Å²) in [6.07, 6.45) is 4.39. The zero-order valence-corrected chi connectivity index (χ0v) is 18.1. The number of sulfone groups is 1. The van der Waals surface area contributed by atoms with E-state index in [2.05, 4.69) is 37.8 Å². The summed E-state index contributed by atoms with van der Waals surface area (Å²) in [5, 5.41) is 9.68. The molecule has 0 radical (unpaired) electrons. The Morgan fingerprint density at radius 2 is 1.74 bits per heavy atom. The predicted octanol–water partition coefficient (Wildman–Crippen LogP) is 2.81. The molecule has 162 valence electrons. The van der Waals surface area contributed by atoms with Crippen molar-refractivity contribution in [2.75, 3.05) is 30.1 Å². The van der Waals surface area contributed by atoms with E-state index in [4.69, 9.17) is 4.74 Å². The minimum Gasteiger partial charge on any atom is -0.378 e. The Morgan fingerprint density at radius 1 is 1.00 bits per heavy atom. The largest absolute Gasteiger partial charge is 0.378 e. The molecule has 3 N–H and O–H groups in total. The van der Waals surface area contributed by atoms with Crippen LogP contribution in [0.25, 0.3) is 0 Å². The van der Waals surface area contributed by atoms with Gasteiger partial charge in [-0.3, -0.25) is 0 Å². The molecule has 3 heterocycles. The number of benzene rings is 1. The fourth-order valence-electron chi connectivity index (χ4n) is 3.17. The number of pyridine rings is 1. The fourth-order valence-corrected chi connectivity index (χ4v) is 4.02. The Kier molecular flexibility index (Phi) is 6.12. The van der Waals surface area contributed by atoms with Crippen molar-refractivity contribution in [3.05, 3.63) is 60.6 Å². The molecule has 1 aromatic carbocycles. The lowest BCUT2D eigenvalue weighted by Gasteiger charge is -2.30. The maximum Gasteiger partial charge on any atom is 0.177 e. The Morgan fingerprint density at radius 3 is 2.39 bits per heavy atom. The van der Waals surface area contributed by atoms with Crippen molar-refractivity contribution in [3.8, 4) is 0 Å². The first kappa shape index (κ1) is 21.2. The summed E-state index contributed by atoms with van der Waals surface area (Å²) >= 11 is 0. The van der Waals surface area contributed by atoms with Crippen molar-refractivity contribution in [2.24, 2.45) is 0 Å². The van der Waals surface area contributed by atoms with Crippen molar-refractivity contribution in [3.63, 3.8) is 0 Å². The molecule has 4 rings (SSSR count). The fraction of sp³-hybridized carbons (Fsp3) is 0.286. The minimum atomic E-state index is -3.37. The van der Waals surface area contributed by atoms with Gasteiger partial charge in [0.1, 0.15) is 23.8 Å². The molecule has 31 heavy (non-hydrogen) atoms. The molecule has 1 fully saturated rings. The maximum absolute atomic E-state index is 12.0. The van der Waals surface area contributed by atoms with Crippen LogP contribution < -0.4 is 16.0 Å². The molecule has 1 saturated heterocycles. The summed E-state index contributed by atoms with van der Waals surface area (Å²) in [5.74, 6) is 1.64. The monoisotopic (exact) mass is 440 g/mol. The molecule has 1 aliphatic heterocycles. The molecule has 10 heteroatoms. The Balaban J connectivity index is 1.44. The van der Waals surface area contributed by atoms with Gasteiger partial charge in [-0.1, -0.05) is 18.2 Å². The van der Waals surface area contributed by atoms with Crippen LogP contribution in [0.2, 0.25) is 0 Å². The van der Waals surface area contributed by atoms with Gasteiger partial charge in [0, 0.05) is 24.6 Å². The molecule has 2 aromatic heterocycles. The number of nitrogens with one attached hydrogen (secondary N) is 3. The van der Waals surface area contributed by atoms with E-state index in [0.29, 0.717) is 29.2 Å². The molecule has 0 saturated carbocycles. The Bertz CT molecular complexity index is 1150. The van der Waals surface area contributed by atoms with E-state index in [1.54, 1.807) is 30.3 Å². The van der Waals surface area contributed by atoms with Gasteiger partial charge < -0.3 is 20.7 Å². The highest BCUT2D eigenvalue weighted by Gasteiger charge is 2.20. The first-order valence-corrected chi connectivity index (χ1v) is 11.7. The van der Waals surface area contributed by atoms with E-state index in [1.807, 2.05) is 18.3 Å². The highest BCUT2D eigenvalue weighted by atomic mass is 32.2. The molecular formula is C21H24N6O3S. The van der Waals surface area contributed by atoms with Crippen LogP contribution in [0.15, 0.2) is 59.9 Å². The zero-order chi connectivity index (χ0) is 21.8. The lowest BCUT2D eigenvalue weighted by Crippen LogP contribution is -2.46. The van der Waals surface area contributed by atoms with Gasteiger partial charge >= 0.3 is 0 Å². The van der Waals surface area contributed by atoms with Gasteiger partial charge in [0.05, 0.1) is 29.8 Å². The average Bonchev–Trinajstić information content (AvgIpc) is 2.71. The van der Waals surface area contributed by atoms with E-state index < -0.39 is 9.84 Å². The number of rotatable bonds is 8. The number of para-hydroxylation sites is 1. The lowest BCUT2D eigenvalue weighted by atomic mass is 10.1. The van der Waals surface area contributed by atoms with Crippen molar-refractivity contribution in [2.45, 2.75) is 23.9 Å². The van der Waals surface area contributed by atoms with Crippen molar-refractivity contribution >= 4 is 33.0 Å². The normalized spacial score (nSPS) is 15.2. The quantitative estimate of drug-likeness (QED) is 0.486. The third kappa shape index (κ3) is 5.35. The third-order valence-electron chi connectivity index (χ3n) is 4.88. The molecule has 0 aliphatic carbocycles. The minimum absolute atomic E-state index is 0.181. The SMILES string of the molecule is C[C@H](NC1COC1)c1ccc(Nc2cc(Nc3ccccc3S(C)(=O)=O)ncn2)nc1. The van der Waals surface area contributed by atoms with Gasteiger partial charge in [-0.05, 0) is 30.7 Å². The van der Waals surface area contributed by atoms with Crippen LogP contribution in [0.1, 0.15) is 18.5 Å². The molecule has 1 aliphatic rings. The maximum atomic E-state index is 12.0. The second-order valence-corrected chi connectivity index (χ2v) is 9.39. The number of hydrogen-bond donors (Lipinski definition) is 3. The van der Waals surface area contributed by atoms with Gasteiger partial charge in [-0.25, -0.2) is 23.4 Å². The summed E-state index contributed by atoms with van der Waals surface area (Å²) in [6, 6.07) is 12.8. The molecule has 0 unspecified atom stereocenters. The molecule has 0 amide bonds. The van der Waals surface area contributed by atoms with Crippen LogP contribution in [-0.4, -0.2) is 48.9 Å². The number of aromatic nitrogens is 3. The van der Waals surface area contributed by atoms with E-state index in [1.165, 1.54) is 12.6 Å². The molecule has 1 atom stereocenters. The van der Waals surface area contributed by atoms with Crippen molar-refractivity contribution < 1.29 is 13.2 Å². The van der Waals surface area contributed by atoms with Gasteiger partial charge in [0.25, 0.3) is 0 Å². The topological polar surface area (TPSA) is 118 Å². The van der Waals surface area contributed by atoms with Crippen LogP contribution in [0, 0.1) is 0 Å². The first-order chi connectivity index (χ1) is 14.9. The Hall–Kier alpha value is -3.08. The van der Waals surface area contributed by atoms with Crippen molar-refractivity contribution in [1.29, 1.82) is 0 Å². The average molecular weight is 441 g/mol. The standard InChI is InChI=1S/C21H24N6O3S/c1-14(25-16-11-30-12-16)15-7-8-19(22-10-15)27-21-9-20(23-13-24-21)26-17-5-3-4-6-18(17)31(2,28)29/h3-10,13-14,16,25H,11-12H2,1-2H3,(H2,22,23,24,26,27)/t14-/m0/s1. The van der Waals surface area contributed by atoms with Gasteiger partial charge in [-0.2, -0.15) is 0 Å². The smallest absolute Gasteiger partial charge is 0.177 e. The van der Waals surface area contributed by atoms with E-state index in [0.717, 1.165) is 18.8 Å². The first-order valence-electron chi connectivity index (χ1n) is 9.83. The van der Waals surface area contributed by atoms with Gasteiger partial charge in [0.2, 0.25) is 0 Å². The summed E-state index contributed by atoms with van der Waals surface area (Å²) in [5.41, 5.74) is 1.54. The summed E-state index contributed by atoms with van der Waals surface area (Å²) in [4.78, 5) is 13.1. The van der Waals surface area contributed by atoms with Crippen LogP contribution in [-0.2, 0) is 14.6 Å². The summed E-state index contributed by atoms with van der Waals surface area (Å²) in [6.45, 7) is 3.59. The Labute approximate surface area is 181 Å². The van der Waals surface area contributed by atoms with Crippen LogP contribution in [0.5, 0.6) is 0 Å². The van der Waals surface area contributed by atoms with Gasteiger partial charge in [0.15, 0.2) is 9.84 Å². The second-order valence-electron chi connectivity index (χ2n) is 7.41. The van der Waals surface area contributed by atoms with Crippen LogP contribution in [0.3, 0.4) is 0 Å².